The summed E-state index contributed by atoms with van der Waals surface area (Å²) in [5.74, 6) is 0.324. The van der Waals surface area contributed by atoms with Crippen molar-refractivity contribution in [2.24, 2.45) is 5.92 Å². The summed E-state index contributed by atoms with van der Waals surface area (Å²) in [6.45, 7) is 2.41. The number of fused-ring (bicyclic) bond motifs is 1. The average molecular weight is 398 g/mol. The standard InChI is InChI=1S/C22H27N3O2S/c26-21(24-11-8-16-6-9-23-10-7-16)17-4-5-19-18(14-17)15-20(28-19)22(27)25-12-2-1-3-13-25/h6-7,9-10,15,17H,1-5,8,11-14H2,(H,24,26)/t17-/m1/s1. The third-order valence-corrected chi connectivity index (χ3v) is 7.00. The Morgan fingerprint density at radius 3 is 2.75 bits per heavy atom. The molecule has 148 valence electrons. The molecule has 0 bridgehead atoms. The molecule has 1 N–H and O–H groups in total. The Kier molecular flexibility index (Phi) is 6.05. The number of thiophene rings is 1. The predicted octanol–water partition coefficient (Wildman–Crippen LogP) is 3.23. The molecule has 2 aromatic heterocycles. The van der Waals surface area contributed by atoms with Gasteiger partial charge in [-0.3, -0.25) is 14.6 Å². The molecule has 0 saturated carbocycles. The SMILES string of the molecule is O=C(NCCc1ccncc1)[C@@H]1CCc2sc(C(=O)N3CCCCC3)cc2C1. The van der Waals surface area contributed by atoms with E-state index in [0.29, 0.717) is 6.54 Å². The number of hydrogen-bond donors (Lipinski definition) is 1. The van der Waals surface area contributed by atoms with E-state index in [1.54, 1.807) is 23.7 Å². The molecule has 1 fully saturated rings. The minimum absolute atomic E-state index is 0.0116. The number of nitrogens with one attached hydrogen (secondary N) is 1. The maximum absolute atomic E-state index is 12.8. The van der Waals surface area contributed by atoms with E-state index < -0.39 is 0 Å². The highest BCUT2D eigenvalue weighted by Crippen LogP contribution is 2.33. The van der Waals surface area contributed by atoms with Crippen LogP contribution in [0, 0.1) is 5.92 Å². The quantitative estimate of drug-likeness (QED) is 0.843. The third-order valence-electron chi connectivity index (χ3n) is 5.77. The van der Waals surface area contributed by atoms with Crippen LogP contribution >= 0.6 is 11.3 Å². The van der Waals surface area contributed by atoms with Crippen molar-refractivity contribution in [3.63, 3.8) is 0 Å². The molecular formula is C22H27N3O2S. The first-order chi connectivity index (χ1) is 13.7. The van der Waals surface area contributed by atoms with Gasteiger partial charge in [-0.1, -0.05) is 0 Å². The summed E-state index contributed by atoms with van der Waals surface area (Å²) in [6, 6.07) is 6.00. The molecule has 28 heavy (non-hydrogen) atoms. The highest BCUT2D eigenvalue weighted by Gasteiger charge is 2.28. The molecule has 2 amide bonds. The van der Waals surface area contributed by atoms with Crippen LogP contribution in [0.3, 0.4) is 0 Å². The van der Waals surface area contributed by atoms with Gasteiger partial charge < -0.3 is 10.2 Å². The van der Waals surface area contributed by atoms with E-state index in [0.717, 1.165) is 56.5 Å². The molecule has 0 spiro atoms. The first-order valence-electron chi connectivity index (χ1n) is 10.3. The number of rotatable bonds is 5. The van der Waals surface area contributed by atoms with Crippen molar-refractivity contribution in [1.82, 2.24) is 15.2 Å². The number of aryl methyl sites for hydroxylation is 1. The normalized spacial score (nSPS) is 19.1. The van der Waals surface area contributed by atoms with Crippen LogP contribution in [-0.2, 0) is 24.1 Å². The second-order valence-electron chi connectivity index (χ2n) is 7.75. The summed E-state index contributed by atoms with van der Waals surface area (Å²) in [7, 11) is 0. The Morgan fingerprint density at radius 1 is 1.18 bits per heavy atom. The summed E-state index contributed by atoms with van der Waals surface area (Å²) >= 11 is 1.64. The Labute approximate surface area is 170 Å². The average Bonchev–Trinajstić information content (AvgIpc) is 3.18. The first-order valence-corrected chi connectivity index (χ1v) is 11.1. The van der Waals surface area contributed by atoms with E-state index in [-0.39, 0.29) is 17.7 Å². The Bertz CT molecular complexity index is 828. The summed E-state index contributed by atoms with van der Waals surface area (Å²) in [5, 5.41) is 3.08. The molecule has 2 aromatic rings. The number of pyridine rings is 1. The van der Waals surface area contributed by atoms with Crippen LogP contribution in [0.1, 0.15) is 51.4 Å². The molecule has 2 aliphatic rings. The van der Waals surface area contributed by atoms with Crippen molar-refractivity contribution in [3.05, 3.63) is 51.5 Å². The number of nitrogens with zero attached hydrogens (tertiary/aromatic N) is 2. The zero-order valence-electron chi connectivity index (χ0n) is 16.2. The van der Waals surface area contributed by atoms with Gasteiger partial charge in [0.05, 0.1) is 4.88 Å². The van der Waals surface area contributed by atoms with Crippen molar-refractivity contribution in [3.8, 4) is 0 Å². The zero-order valence-corrected chi connectivity index (χ0v) is 17.0. The molecule has 3 heterocycles. The van der Waals surface area contributed by atoms with Gasteiger partial charge in [0, 0.05) is 42.8 Å². The monoisotopic (exact) mass is 397 g/mol. The van der Waals surface area contributed by atoms with Crippen molar-refractivity contribution in [1.29, 1.82) is 0 Å². The molecule has 0 aromatic carbocycles. The van der Waals surface area contributed by atoms with E-state index in [9.17, 15) is 9.59 Å². The largest absolute Gasteiger partial charge is 0.356 e. The smallest absolute Gasteiger partial charge is 0.263 e. The minimum Gasteiger partial charge on any atom is -0.356 e. The van der Waals surface area contributed by atoms with Crippen LogP contribution in [-0.4, -0.2) is 41.3 Å². The highest BCUT2D eigenvalue weighted by molar-refractivity contribution is 7.14. The Balaban J connectivity index is 1.32. The van der Waals surface area contributed by atoms with Crippen LogP contribution in [0.2, 0.25) is 0 Å². The fraction of sp³-hybridized carbons (Fsp3) is 0.500. The van der Waals surface area contributed by atoms with E-state index in [2.05, 4.69) is 10.3 Å². The number of amides is 2. The number of hydrogen-bond acceptors (Lipinski definition) is 4. The second-order valence-corrected chi connectivity index (χ2v) is 8.88. The van der Waals surface area contributed by atoms with Gasteiger partial charge in [0.1, 0.15) is 0 Å². The molecule has 1 aliphatic heterocycles. The second kappa shape index (κ2) is 8.86. The van der Waals surface area contributed by atoms with Crippen LogP contribution in [0.15, 0.2) is 30.6 Å². The van der Waals surface area contributed by atoms with E-state index in [4.69, 9.17) is 0 Å². The van der Waals surface area contributed by atoms with Gasteiger partial charge in [0.25, 0.3) is 5.91 Å². The van der Waals surface area contributed by atoms with E-state index in [1.165, 1.54) is 22.4 Å². The van der Waals surface area contributed by atoms with Gasteiger partial charge in [0.15, 0.2) is 0 Å². The zero-order chi connectivity index (χ0) is 19.3. The molecule has 4 rings (SSSR count). The lowest BCUT2D eigenvalue weighted by molar-refractivity contribution is -0.125. The minimum atomic E-state index is 0.0116. The number of likely N-dealkylation sites (tertiary alicyclic amines) is 1. The molecular weight excluding hydrogens is 370 g/mol. The van der Waals surface area contributed by atoms with Crippen molar-refractivity contribution < 1.29 is 9.59 Å². The molecule has 0 radical (unpaired) electrons. The lowest BCUT2D eigenvalue weighted by atomic mass is 9.87. The number of piperidine rings is 1. The number of aromatic nitrogens is 1. The highest BCUT2D eigenvalue weighted by atomic mass is 32.1. The van der Waals surface area contributed by atoms with Gasteiger partial charge in [-0.05, 0) is 74.3 Å². The summed E-state index contributed by atoms with van der Waals surface area (Å²) in [5.41, 5.74) is 2.38. The molecule has 5 nitrogen and oxygen atoms in total. The van der Waals surface area contributed by atoms with Crippen LogP contribution in [0.25, 0.3) is 0 Å². The maximum Gasteiger partial charge on any atom is 0.263 e. The Morgan fingerprint density at radius 2 is 1.96 bits per heavy atom. The molecule has 1 atom stereocenters. The van der Waals surface area contributed by atoms with Gasteiger partial charge in [0.2, 0.25) is 5.91 Å². The van der Waals surface area contributed by atoms with Gasteiger partial charge in [-0.15, -0.1) is 11.3 Å². The topological polar surface area (TPSA) is 62.3 Å². The van der Waals surface area contributed by atoms with Crippen LogP contribution < -0.4 is 5.32 Å². The lowest BCUT2D eigenvalue weighted by Gasteiger charge is -2.26. The summed E-state index contributed by atoms with van der Waals surface area (Å²) in [6.07, 6.45) is 10.3. The van der Waals surface area contributed by atoms with Crippen molar-refractivity contribution in [2.75, 3.05) is 19.6 Å². The number of carbonyl (C=O) groups excluding carboxylic acids is 2. The maximum atomic E-state index is 12.8. The van der Waals surface area contributed by atoms with Crippen molar-refractivity contribution >= 4 is 23.2 Å². The van der Waals surface area contributed by atoms with Crippen LogP contribution in [0.4, 0.5) is 0 Å². The van der Waals surface area contributed by atoms with Gasteiger partial charge in [-0.25, -0.2) is 0 Å². The van der Waals surface area contributed by atoms with E-state index >= 15 is 0 Å². The first kappa shape index (κ1) is 19.1. The number of carbonyl (C=O) groups is 2. The van der Waals surface area contributed by atoms with Gasteiger partial charge in [-0.2, -0.15) is 0 Å². The summed E-state index contributed by atoms with van der Waals surface area (Å²) in [4.78, 5) is 33.5. The Hall–Kier alpha value is -2.21. The fourth-order valence-corrected chi connectivity index (χ4v) is 5.31. The van der Waals surface area contributed by atoms with Gasteiger partial charge >= 0.3 is 0 Å². The molecule has 1 saturated heterocycles. The molecule has 6 heteroatoms. The summed E-state index contributed by atoms with van der Waals surface area (Å²) < 4.78 is 0. The van der Waals surface area contributed by atoms with Crippen LogP contribution in [0.5, 0.6) is 0 Å². The lowest BCUT2D eigenvalue weighted by Crippen LogP contribution is -2.35. The molecule has 1 aliphatic carbocycles. The predicted molar refractivity (Wildman–Crippen MR) is 111 cm³/mol. The fourth-order valence-electron chi connectivity index (χ4n) is 4.13. The van der Waals surface area contributed by atoms with Crippen molar-refractivity contribution in [2.45, 2.75) is 44.9 Å². The molecule has 0 unspecified atom stereocenters. The third kappa shape index (κ3) is 4.43. The van der Waals surface area contributed by atoms with E-state index in [1.807, 2.05) is 23.1 Å².